The zero-order valence-corrected chi connectivity index (χ0v) is 13.4. The van der Waals surface area contributed by atoms with Crippen molar-refractivity contribution in [1.29, 1.82) is 0 Å². The Hall–Kier alpha value is -0.790. The maximum atomic E-state index is 2.49. The van der Waals surface area contributed by atoms with Crippen molar-refractivity contribution in [1.82, 2.24) is 4.57 Å². The quantitative estimate of drug-likeness (QED) is 0.685. The van der Waals surface area contributed by atoms with Gasteiger partial charge >= 0.3 is 0 Å². The second kappa shape index (κ2) is 9.20. The number of imidazole rings is 1. The molecule has 1 aromatic heterocycles. The van der Waals surface area contributed by atoms with E-state index in [1.165, 1.54) is 77.0 Å². The number of hydrogen-bond donors (Lipinski definition) is 0. The van der Waals surface area contributed by atoms with E-state index < -0.39 is 0 Å². The molecule has 2 rings (SSSR count). The molecule has 1 saturated carbocycles. The van der Waals surface area contributed by atoms with Crippen molar-refractivity contribution in [2.24, 2.45) is 0 Å². The lowest BCUT2D eigenvalue weighted by Gasteiger charge is -2.15. The van der Waals surface area contributed by atoms with Crippen molar-refractivity contribution in [3.05, 3.63) is 18.7 Å². The third kappa shape index (κ3) is 5.30. The molecule has 0 radical (unpaired) electrons. The third-order valence-corrected chi connectivity index (χ3v) is 4.69. The molecule has 0 aliphatic heterocycles. The first kappa shape index (κ1) is 15.6. The lowest BCUT2D eigenvalue weighted by molar-refractivity contribution is -0.696. The molecule has 20 heavy (non-hydrogen) atoms. The summed E-state index contributed by atoms with van der Waals surface area (Å²) in [5.41, 5.74) is 0. The molecular formula is C18H33N2+. The average molecular weight is 277 g/mol. The standard InChI is InChI=1S/C18H33N2/c1-2-14-19-15-16-20(17-19)18-12-10-8-6-4-3-5-7-9-11-13-18/h15-18H,2-14H2,1H3/q+1. The Morgan fingerprint density at radius 2 is 1.45 bits per heavy atom. The normalized spacial score (nSPS) is 20.2. The fourth-order valence-electron chi connectivity index (χ4n) is 3.46. The first-order valence-corrected chi connectivity index (χ1v) is 8.96. The predicted octanol–water partition coefficient (Wildman–Crippen LogP) is 5.03. The number of aryl methyl sites for hydroxylation is 1. The summed E-state index contributed by atoms with van der Waals surface area (Å²) < 4.78 is 4.83. The number of hydrogen-bond acceptors (Lipinski definition) is 0. The van der Waals surface area contributed by atoms with Gasteiger partial charge in [0, 0.05) is 0 Å². The van der Waals surface area contributed by atoms with Crippen LogP contribution >= 0.6 is 0 Å². The average Bonchev–Trinajstić information content (AvgIpc) is 2.88. The maximum Gasteiger partial charge on any atom is 0.243 e. The van der Waals surface area contributed by atoms with Crippen LogP contribution in [0.4, 0.5) is 0 Å². The van der Waals surface area contributed by atoms with Gasteiger partial charge in [0.05, 0.1) is 6.54 Å². The Morgan fingerprint density at radius 3 is 2.00 bits per heavy atom. The monoisotopic (exact) mass is 277 g/mol. The van der Waals surface area contributed by atoms with Crippen LogP contribution in [-0.2, 0) is 6.54 Å². The van der Waals surface area contributed by atoms with Crippen LogP contribution in [0.5, 0.6) is 0 Å². The van der Waals surface area contributed by atoms with Gasteiger partial charge in [0.1, 0.15) is 18.4 Å². The molecule has 0 atom stereocenters. The predicted molar refractivity (Wildman–Crippen MR) is 84.7 cm³/mol. The summed E-state index contributed by atoms with van der Waals surface area (Å²) in [6.45, 7) is 3.40. The smallest absolute Gasteiger partial charge is 0.237 e. The van der Waals surface area contributed by atoms with Crippen molar-refractivity contribution in [3.63, 3.8) is 0 Å². The van der Waals surface area contributed by atoms with Crippen molar-refractivity contribution >= 4 is 0 Å². The number of rotatable bonds is 3. The van der Waals surface area contributed by atoms with Crippen LogP contribution in [0.3, 0.4) is 0 Å². The molecule has 2 heteroatoms. The zero-order chi connectivity index (χ0) is 14.0. The molecular weight excluding hydrogens is 244 g/mol. The van der Waals surface area contributed by atoms with Crippen LogP contribution in [-0.4, -0.2) is 4.57 Å². The van der Waals surface area contributed by atoms with E-state index in [2.05, 4.69) is 34.8 Å². The molecule has 0 N–H and O–H groups in total. The Balaban J connectivity index is 1.90. The molecule has 0 bridgehead atoms. The molecule has 0 saturated heterocycles. The van der Waals surface area contributed by atoms with Crippen molar-refractivity contribution in [3.8, 4) is 0 Å². The molecule has 114 valence electrons. The number of aromatic nitrogens is 2. The summed E-state index contributed by atoms with van der Waals surface area (Å²) >= 11 is 0. The first-order valence-electron chi connectivity index (χ1n) is 8.96. The molecule has 0 spiro atoms. The van der Waals surface area contributed by atoms with Crippen molar-refractivity contribution in [2.75, 3.05) is 0 Å². The van der Waals surface area contributed by atoms with E-state index in [4.69, 9.17) is 0 Å². The highest BCUT2D eigenvalue weighted by molar-refractivity contribution is 4.76. The molecule has 1 heterocycles. The van der Waals surface area contributed by atoms with E-state index in [1.54, 1.807) is 0 Å². The highest BCUT2D eigenvalue weighted by Gasteiger charge is 2.16. The zero-order valence-electron chi connectivity index (χ0n) is 13.4. The fourth-order valence-corrected chi connectivity index (χ4v) is 3.46. The van der Waals surface area contributed by atoms with E-state index in [9.17, 15) is 0 Å². The molecule has 1 aromatic rings. The van der Waals surface area contributed by atoms with Crippen LogP contribution in [0.15, 0.2) is 18.7 Å². The summed E-state index contributed by atoms with van der Waals surface area (Å²) in [4.78, 5) is 0. The Morgan fingerprint density at radius 1 is 0.900 bits per heavy atom. The van der Waals surface area contributed by atoms with Gasteiger partial charge in [0.2, 0.25) is 6.33 Å². The lowest BCUT2D eigenvalue weighted by atomic mass is 9.98. The second-order valence-corrected chi connectivity index (χ2v) is 6.51. The van der Waals surface area contributed by atoms with Crippen molar-refractivity contribution < 1.29 is 4.57 Å². The second-order valence-electron chi connectivity index (χ2n) is 6.51. The third-order valence-electron chi connectivity index (χ3n) is 4.69. The van der Waals surface area contributed by atoms with Crippen LogP contribution in [0.2, 0.25) is 0 Å². The van der Waals surface area contributed by atoms with E-state index in [1.807, 2.05) is 0 Å². The largest absolute Gasteiger partial charge is 0.243 e. The molecule has 1 fully saturated rings. The summed E-state index contributed by atoms with van der Waals surface area (Å²) in [5.74, 6) is 0. The molecule has 0 aromatic carbocycles. The van der Waals surface area contributed by atoms with Crippen LogP contribution in [0.1, 0.15) is 90.0 Å². The summed E-state index contributed by atoms with van der Waals surface area (Å²) in [7, 11) is 0. The van der Waals surface area contributed by atoms with E-state index >= 15 is 0 Å². The minimum absolute atomic E-state index is 0.743. The minimum Gasteiger partial charge on any atom is -0.237 e. The molecule has 0 amide bonds. The lowest BCUT2D eigenvalue weighted by Crippen LogP contribution is -2.30. The Labute approximate surface area is 125 Å². The number of nitrogens with zero attached hydrogens (tertiary/aromatic N) is 2. The highest BCUT2D eigenvalue weighted by Crippen LogP contribution is 2.24. The van der Waals surface area contributed by atoms with Gasteiger partial charge in [0.25, 0.3) is 0 Å². The first-order chi connectivity index (χ1) is 9.90. The molecule has 1 aliphatic carbocycles. The van der Waals surface area contributed by atoms with Gasteiger partial charge in [-0.2, -0.15) is 0 Å². The van der Waals surface area contributed by atoms with Gasteiger partial charge in [-0.3, -0.25) is 0 Å². The SMILES string of the molecule is CCC[n+]1ccn(C2CCCCCCCCCCC2)c1. The van der Waals surface area contributed by atoms with Crippen molar-refractivity contribution in [2.45, 2.75) is 96.6 Å². The van der Waals surface area contributed by atoms with Crippen LogP contribution in [0.25, 0.3) is 0 Å². The van der Waals surface area contributed by atoms with Crippen LogP contribution < -0.4 is 4.57 Å². The Kier molecular flexibility index (Phi) is 7.18. The van der Waals surface area contributed by atoms with Gasteiger partial charge in [0.15, 0.2) is 0 Å². The summed E-state index contributed by atoms with van der Waals surface area (Å²) in [6, 6.07) is 0.743. The summed E-state index contributed by atoms with van der Waals surface area (Å²) in [6.07, 6.45) is 23.9. The van der Waals surface area contributed by atoms with Gasteiger partial charge < -0.3 is 0 Å². The summed E-state index contributed by atoms with van der Waals surface area (Å²) in [5, 5.41) is 0. The highest BCUT2D eigenvalue weighted by atomic mass is 15.1. The Bertz CT molecular complexity index is 344. The van der Waals surface area contributed by atoms with E-state index in [-0.39, 0.29) is 0 Å². The molecule has 1 aliphatic rings. The molecule has 2 nitrogen and oxygen atoms in total. The van der Waals surface area contributed by atoms with Gasteiger partial charge in [-0.1, -0.05) is 51.9 Å². The van der Waals surface area contributed by atoms with Gasteiger partial charge in [-0.15, -0.1) is 0 Å². The van der Waals surface area contributed by atoms with E-state index in [0.717, 1.165) is 12.6 Å². The minimum atomic E-state index is 0.743. The molecule has 0 unspecified atom stereocenters. The van der Waals surface area contributed by atoms with E-state index in [0.29, 0.717) is 0 Å². The topological polar surface area (TPSA) is 8.81 Å². The fraction of sp³-hybridized carbons (Fsp3) is 0.833. The van der Waals surface area contributed by atoms with Gasteiger partial charge in [-0.05, 0) is 32.1 Å². The van der Waals surface area contributed by atoms with Crippen LogP contribution in [0, 0.1) is 0 Å². The van der Waals surface area contributed by atoms with Gasteiger partial charge in [-0.25, -0.2) is 9.13 Å². The maximum absolute atomic E-state index is 2.49.